The zero-order valence-electron chi connectivity index (χ0n) is 42.3. The summed E-state index contributed by atoms with van der Waals surface area (Å²) < 4.78 is 5.48. The first-order chi connectivity index (χ1) is 31.0. The highest BCUT2D eigenvalue weighted by Crippen LogP contribution is 2.16. The lowest BCUT2D eigenvalue weighted by atomic mass is 10.0. The summed E-state index contributed by atoms with van der Waals surface area (Å²) in [6, 6.07) is -0.636. The van der Waals surface area contributed by atoms with E-state index in [2.05, 4.69) is 31.3 Å². The number of carbonyl (C=O) groups is 2. The topological polar surface area (TPSA) is 95.9 Å². The number of hydrogen-bond donors (Lipinski definition) is 3. The molecule has 2 atom stereocenters. The second-order valence-corrected chi connectivity index (χ2v) is 19.3. The van der Waals surface area contributed by atoms with Crippen molar-refractivity contribution in [3.8, 4) is 0 Å². The van der Waals surface area contributed by atoms with Crippen LogP contribution in [0.5, 0.6) is 0 Å². The van der Waals surface area contributed by atoms with Gasteiger partial charge in [0.05, 0.1) is 25.4 Å². The number of allylic oxidation sites excluding steroid dienone is 3. The third-order valence-corrected chi connectivity index (χ3v) is 13.0. The summed E-state index contributed by atoms with van der Waals surface area (Å²) in [5.74, 6) is -0.0774. The van der Waals surface area contributed by atoms with Gasteiger partial charge in [0.25, 0.3) is 0 Å². The second-order valence-electron chi connectivity index (χ2n) is 19.3. The van der Waals surface area contributed by atoms with E-state index in [4.69, 9.17) is 4.74 Å². The van der Waals surface area contributed by atoms with Gasteiger partial charge in [-0.1, -0.05) is 256 Å². The fourth-order valence-corrected chi connectivity index (χ4v) is 8.63. The molecule has 0 aromatic heterocycles. The highest BCUT2D eigenvalue weighted by Gasteiger charge is 2.18. The van der Waals surface area contributed by atoms with Crippen LogP contribution >= 0.6 is 0 Å². The number of hydrogen-bond acceptors (Lipinski definition) is 5. The van der Waals surface area contributed by atoms with E-state index >= 15 is 0 Å². The van der Waals surface area contributed by atoms with Crippen molar-refractivity contribution in [2.75, 3.05) is 13.2 Å². The molecule has 6 nitrogen and oxygen atoms in total. The van der Waals surface area contributed by atoms with Crippen LogP contribution in [-0.4, -0.2) is 47.4 Å². The van der Waals surface area contributed by atoms with Gasteiger partial charge in [0, 0.05) is 12.8 Å². The Kier molecular flexibility index (Phi) is 51.6. The van der Waals surface area contributed by atoms with Crippen LogP contribution in [0.2, 0.25) is 0 Å². The van der Waals surface area contributed by atoms with Crippen molar-refractivity contribution in [2.24, 2.45) is 0 Å². The molecule has 3 N–H and O–H groups in total. The van der Waals surface area contributed by atoms with Crippen molar-refractivity contribution in [1.29, 1.82) is 0 Å². The van der Waals surface area contributed by atoms with E-state index in [1.54, 1.807) is 6.08 Å². The Hall–Kier alpha value is -1.66. The average Bonchev–Trinajstić information content (AvgIpc) is 3.28. The predicted octanol–water partition coefficient (Wildman–Crippen LogP) is 17.1. The summed E-state index contributed by atoms with van der Waals surface area (Å²) in [6.07, 6.45) is 63.4. The molecule has 0 bridgehead atoms. The highest BCUT2D eigenvalue weighted by molar-refractivity contribution is 5.76. The maximum absolute atomic E-state index is 12.4. The smallest absolute Gasteiger partial charge is 0.305 e. The standard InChI is InChI=1S/C57H109NO5/c1-3-5-7-9-11-13-15-16-17-20-24-27-31-35-39-43-47-51-57(62)63-52-48-44-40-36-32-28-25-22-19-18-21-23-26-30-34-38-42-46-50-56(61)58-54(53-59)55(60)49-45-41-37-33-29-14-12-10-8-6-4-2/h21,23,45,49,54-55,59-60H,3-20,22,24-44,46-48,50-53H2,1-2H3,(H,58,61)/b23-21-,49-45+. The van der Waals surface area contributed by atoms with Gasteiger partial charge in [0.2, 0.25) is 5.91 Å². The molecule has 0 aliphatic heterocycles. The van der Waals surface area contributed by atoms with Gasteiger partial charge in [0.15, 0.2) is 0 Å². The normalized spacial score (nSPS) is 12.8. The van der Waals surface area contributed by atoms with E-state index < -0.39 is 12.1 Å². The summed E-state index contributed by atoms with van der Waals surface area (Å²) in [5.41, 5.74) is 0. The SMILES string of the molecule is CCCCCCCCCCC/C=C/C(O)C(CO)NC(=O)CCCCCCC/C=C\CCCCCCCCCCCOC(=O)CCCCCCCCCCCCCCCCCCC. The molecule has 6 heteroatoms. The fourth-order valence-electron chi connectivity index (χ4n) is 8.63. The van der Waals surface area contributed by atoms with Gasteiger partial charge < -0.3 is 20.3 Å². The van der Waals surface area contributed by atoms with Gasteiger partial charge in [0.1, 0.15) is 0 Å². The Balaban J connectivity index is 3.43. The molecule has 2 unspecified atom stereocenters. The molecule has 0 heterocycles. The van der Waals surface area contributed by atoms with E-state index in [1.807, 2.05) is 6.08 Å². The largest absolute Gasteiger partial charge is 0.466 e. The quantitative estimate of drug-likeness (QED) is 0.0321. The van der Waals surface area contributed by atoms with E-state index in [0.717, 1.165) is 57.8 Å². The minimum absolute atomic E-state index is 0.00585. The van der Waals surface area contributed by atoms with Crippen LogP contribution in [0, 0.1) is 0 Å². The third kappa shape index (κ3) is 49.6. The Labute approximate surface area is 392 Å². The first kappa shape index (κ1) is 61.3. The minimum Gasteiger partial charge on any atom is -0.466 e. The van der Waals surface area contributed by atoms with Gasteiger partial charge >= 0.3 is 5.97 Å². The molecule has 0 aliphatic rings. The number of aliphatic hydroxyl groups is 2. The maximum Gasteiger partial charge on any atom is 0.305 e. The average molecular weight is 889 g/mol. The molecule has 0 radical (unpaired) electrons. The lowest BCUT2D eigenvalue weighted by molar-refractivity contribution is -0.143. The predicted molar refractivity (Wildman–Crippen MR) is 273 cm³/mol. The summed E-state index contributed by atoms with van der Waals surface area (Å²) in [4.78, 5) is 24.5. The number of ether oxygens (including phenoxy) is 1. The monoisotopic (exact) mass is 888 g/mol. The molecule has 0 aromatic rings. The first-order valence-electron chi connectivity index (χ1n) is 28.1. The maximum atomic E-state index is 12.4. The van der Waals surface area contributed by atoms with Crippen LogP contribution in [0.1, 0.15) is 303 Å². The first-order valence-corrected chi connectivity index (χ1v) is 28.1. The number of esters is 1. The number of carbonyl (C=O) groups excluding carboxylic acids is 2. The van der Waals surface area contributed by atoms with Gasteiger partial charge in [-0.05, 0) is 57.8 Å². The molecule has 0 aliphatic carbocycles. The molecule has 1 amide bonds. The Bertz CT molecular complexity index is 982. The second kappa shape index (κ2) is 53.0. The number of unbranched alkanes of at least 4 members (excludes halogenated alkanes) is 39. The van der Waals surface area contributed by atoms with E-state index in [0.29, 0.717) is 19.4 Å². The summed E-state index contributed by atoms with van der Waals surface area (Å²) in [5, 5.41) is 23.0. The minimum atomic E-state index is -0.851. The Morgan fingerprint density at radius 3 is 1.13 bits per heavy atom. The molecule has 0 saturated carbocycles. The van der Waals surface area contributed by atoms with Crippen molar-refractivity contribution in [3.63, 3.8) is 0 Å². The van der Waals surface area contributed by atoms with Crippen LogP contribution < -0.4 is 5.32 Å². The van der Waals surface area contributed by atoms with Crippen LogP contribution in [0.15, 0.2) is 24.3 Å². The number of rotatable bonds is 52. The van der Waals surface area contributed by atoms with Gasteiger partial charge in [-0.15, -0.1) is 0 Å². The molecule has 372 valence electrons. The van der Waals surface area contributed by atoms with Crippen LogP contribution in [0.4, 0.5) is 0 Å². The van der Waals surface area contributed by atoms with Crippen molar-refractivity contribution in [3.05, 3.63) is 24.3 Å². The number of amides is 1. The zero-order valence-corrected chi connectivity index (χ0v) is 42.3. The summed E-state index contributed by atoms with van der Waals surface area (Å²) >= 11 is 0. The van der Waals surface area contributed by atoms with E-state index in [-0.39, 0.29) is 18.5 Å². The third-order valence-electron chi connectivity index (χ3n) is 13.0. The number of aliphatic hydroxyl groups excluding tert-OH is 2. The zero-order chi connectivity index (χ0) is 45.8. The van der Waals surface area contributed by atoms with Gasteiger partial charge in [-0.2, -0.15) is 0 Å². The number of nitrogens with one attached hydrogen (secondary N) is 1. The molecule has 0 spiro atoms. The molecular formula is C57H109NO5. The molecule has 0 saturated heterocycles. The Morgan fingerprint density at radius 1 is 0.429 bits per heavy atom. The Morgan fingerprint density at radius 2 is 0.746 bits per heavy atom. The molecule has 0 rings (SSSR count). The van der Waals surface area contributed by atoms with Crippen LogP contribution in [-0.2, 0) is 14.3 Å². The molecular weight excluding hydrogens is 779 g/mol. The van der Waals surface area contributed by atoms with Crippen LogP contribution in [0.3, 0.4) is 0 Å². The van der Waals surface area contributed by atoms with E-state index in [9.17, 15) is 19.8 Å². The van der Waals surface area contributed by atoms with Crippen molar-refractivity contribution >= 4 is 11.9 Å². The molecule has 63 heavy (non-hydrogen) atoms. The lowest BCUT2D eigenvalue weighted by Gasteiger charge is -2.20. The lowest BCUT2D eigenvalue weighted by Crippen LogP contribution is -2.45. The van der Waals surface area contributed by atoms with Gasteiger partial charge in [-0.3, -0.25) is 9.59 Å². The molecule has 0 fully saturated rings. The van der Waals surface area contributed by atoms with E-state index in [1.165, 1.54) is 218 Å². The van der Waals surface area contributed by atoms with Gasteiger partial charge in [-0.25, -0.2) is 0 Å². The van der Waals surface area contributed by atoms with Crippen molar-refractivity contribution in [1.82, 2.24) is 5.32 Å². The van der Waals surface area contributed by atoms with Crippen molar-refractivity contribution < 1.29 is 24.5 Å². The summed E-state index contributed by atoms with van der Waals surface area (Å²) in [7, 11) is 0. The summed E-state index contributed by atoms with van der Waals surface area (Å²) in [6.45, 7) is 4.88. The molecule has 0 aromatic carbocycles. The highest BCUT2D eigenvalue weighted by atomic mass is 16.5. The fraction of sp³-hybridized carbons (Fsp3) is 0.895. The van der Waals surface area contributed by atoms with Crippen LogP contribution in [0.25, 0.3) is 0 Å². The van der Waals surface area contributed by atoms with Crippen molar-refractivity contribution in [2.45, 2.75) is 315 Å².